The van der Waals surface area contributed by atoms with Gasteiger partial charge in [-0.25, -0.2) is 13.3 Å². The summed E-state index contributed by atoms with van der Waals surface area (Å²) in [7, 11) is 0. The molecule has 11 heteroatoms. The zero-order chi connectivity index (χ0) is 20.9. The van der Waals surface area contributed by atoms with Crippen molar-refractivity contribution in [2.24, 2.45) is 11.7 Å². The molecule has 0 spiro atoms. The molecule has 2 fully saturated rings. The van der Waals surface area contributed by atoms with Crippen LogP contribution >= 0.6 is 11.5 Å². The predicted molar refractivity (Wildman–Crippen MR) is 111 cm³/mol. The van der Waals surface area contributed by atoms with Crippen molar-refractivity contribution in [2.75, 3.05) is 29.9 Å². The molecule has 2 bridgehead atoms. The largest absolute Gasteiger partial charge is 0.484 e. The molecular weight excluding hydrogens is 412 g/mol. The van der Waals surface area contributed by atoms with Crippen LogP contribution in [0.5, 0.6) is 5.75 Å². The number of piperidine rings is 1. The Bertz CT molecular complexity index is 1060. The van der Waals surface area contributed by atoms with E-state index in [4.69, 9.17) is 10.5 Å². The zero-order valence-electron chi connectivity index (χ0n) is 16.5. The van der Waals surface area contributed by atoms with Gasteiger partial charge in [0.05, 0.1) is 17.3 Å². The topological polar surface area (TPSA) is 93.6 Å². The van der Waals surface area contributed by atoms with E-state index in [2.05, 4.69) is 30.7 Å². The molecule has 0 amide bonds. The van der Waals surface area contributed by atoms with Crippen molar-refractivity contribution in [1.29, 1.82) is 0 Å². The molecule has 3 atom stereocenters. The van der Waals surface area contributed by atoms with Gasteiger partial charge in [-0.2, -0.15) is 9.36 Å². The quantitative estimate of drug-likeness (QED) is 0.615. The van der Waals surface area contributed by atoms with E-state index in [-0.39, 0.29) is 11.8 Å². The average Bonchev–Trinajstić information content (AvgIpc) is 3.36. The molecule has 160 valence electrons. The Morgan fingerprint density at radius 1 is 1.47 bits per heavy atom. The Hall–Kier alpha value is -2.53. The highest BCUT2D eigenvalue weighted by Gasteiger charge is 2.51. The Labute approximate surface area is 176 Å². The van der Waals surface area contributed by atoms with Gasteiger partial charge in [-0.05, 0) is 55.4 Å². The van der Waals surface area contributed by atoms with E-state index in [0.717, 1.165) is 36.6 Å². The van der Waals surface area contributed by atoms with Crippen LogP contribution in [0.15, 0.2) is 24.4 Å². The monoisotopic (exact) mass is 435 g/mol. The second-order valence-electron chi connectivity index (χ2n) is 8.12. The Morgan fingerprint density at radius 2 is 2.33 bits per heavy atom. The van der Waals surface area contributed by atoms with Gasteiger partial charge in [0, 0.05) is 19.3 Å². The number of hydrogen-bond acceptors (Lipinski definition) is 8. The summed E-state index contributed by atoms with van der Waals surface area (Å²) in [6, 6.07) is 5.44. The predicted octanol–water partition coefficient (Wildman–Crippen LogP) is 2.55. The minimum atomic E-state index is -2.55. The summed E-state index contributed by atoms with van der Waals surface area (Å²) in [6.45, 7) is 2.95. The van der Waals surface area contributed by atoms with E-state index >= 15 is 0 Å². The van der Waals surface area contributed by atoms with Gasteiger partial charge in [-0.15, -0.1) is 5.10 Å². The number of nitrogens with one attached hydrogen (secondary N) is 1. The Balaban J connectivity index is 1.36. The summed E-state index contributed by atoms with van der Waals surface area (Å²) >= 11 is 1.51. The maximum absolute atomic E-state index is 12.5. The van der Waals surface area contributed by atoms with Crippen molar-refractivity contribution in [2.45, 2.75) is 37.8 Å². The number of aromatic nitrogens is 4. The molecule has 0 radical (unpaired) electrons. The molecule has 1 saturated carbocycles. The molecule has 3 aromatic rings. The maximum Gasteiger partial charge on any atom is 0.272 e. The first kappa shape index (κ1) is 19.4. The third-order valence-corrected chi connectivity index (χ3v) is 6.86. The molecule has 1 aliphatic carbocycles. The van der Waals surface area contributed by atoms with Gasteiger partial charge >= 0.3 is 0 Å². The van der Waals surface area contributed by atoms with Crippen LogP contribution in [0.4, 0.5) is 19.7 Å². The lowest BCUT2D eigenvalue weighted by Gasteiger charge is -2.44. The molecule has 2 aliphatic rings. The minimum Gasteiger partial charge on any atom is -0.484 e. The lowest BCUT2D eigenvalue weighted by molar-refractivity contribution is 0.0824. The summed E-state index contributed by atoms with van der Waals surface area (Å²) in [5.41, 5.74) is 7.85. The molecular formula is C19H23F2N7OS. The standard InChI is InChI=1S/C19H23F2N7OS/c1-11-7-15(30-26-11)27-8-12-4-5-19(22,10-27)16(12)23-18-24-17-13(29-9-14(20)21)3-2-6-28(17)25-18/h2-3,6-7,12,14,16H,4-5,8-10,22H2,1H3,(H,23,25)/t12-,16-,19-/m0/s1. The van der Waals surface area contributed by atoms with Gasteiger partial charge in [-0.3, -0.25) is 0 Å². The number of nitrogens with two attached hydrogens (primary N) is 1. The summed E-state index contributed by atoms with van der Waals surface area (Å²) < 4.78 is 36.2. The molecule has 5 rings (SSSR count). The van der Waals surface area contributed by atoms with Crippen LogP contribution in [-0.4, -0.2) is 56.7 Å². The molecule has 1 saturated heterocycles. The fourth-order valence-electron chi connectivity index (χ4n) is 4.60. The molecule has 8 nitrogen and oxygen atoms in total. The summed E-state index contributed by atoms with van der Waals surface area (Å²) in [4.78, 5) is 6.81. The van der Waals surface area contributed by atoms with Crippen molar-refractivity contribution in [3.8, 4) is 5.75 Å². The third kappa shape index (κ3) is 3.45. The van der Waals surface area contributed by atoms with Gasteiger partial charge in [0.25, 0.3) is 6.43 Å². The number of hydrogen-bond donors (Lipinski definition) is 2. The summed E-state index contributed by atoms with van der Waals surface area (Å²) in [5.74, 6) is 1.06. The van der Waals surface area contributed by atoms with Gasteiger partial charge < -0.3 is 20.7 Å². The van der Waals surface area contributed by atoms with Gasteiger partial charge in [-0.1, -0.05) is 0 Å². The van der Waals surface area contributed by atoms with E-state index in [9.17, 15) is 8.78 Å². The first-order valence-corrected chi connectivity index (χ1v) is 10.7. The van der Waals surface area contributed by atoms with Crippen LogP contribution in [0.25, 0.3) is 5.65 Å². The van der Waals surface area contributed by atoms with Crippen LogP contribution in [0.2, 0.25) is 0 Å². The van der Waals surface area contributed by atoms with E-state index in [0.29, 0.717) is 17.5 Å². The Morgan fingerprint density at radius 3 is 3.07 bits per heavy atom. The highest BCUT2D eigenvalue weighted by molar-refractivity contribution is 7.10. The first-order valence-electron chi connectivity index (χ1n) is 9.91. The highest BCUT2D eigenvalue weighted by Crippen LogP contribution is 2.42. The van der Waals surface area contributed by atoms with E-state index < -0.39 is 18.6 Å². The van der Waals surface area contributed by atoms with Crippen molar-refractivity contribution >= 4 is 28.1 Å². The molecule has 4 heterocycles. The molecule has 3 N–H and O–H groups in total. The smallest absolute Gasteiger partial charge is 0.272 e. The lowest BCUT2D eigenvalue weighted by atomic mass is 9.86. The summed E-state index contributed by atoms with van der Waals surface area (Å²) in [5, 5.41) is 9.04. The zero-order valence-corrected chi connectivity index (χ0v) is 17.3. The van der Waals surface area contributed by atoms with Gasteiger partial charge in [0.1, 0.15) is 11.6 Å². The van der Waals surface area contributed by atoms with E-state index in [1.165, 1.54) is 16.0 Å². The number of ether oxygens (including phenoxy) is 1. The van der Waals surface area contributed by atoms with Crippen LogP contribution in [0, 0.1) is 12.8 Å². The second-order valence-corrected chi connectivity index (χ2v) is 8.90. The first-order chi connectivity index (χ1) is 14.4. The van der Waals surface area contributed by atoms with Crippen LogP contribution in [0.3, 0.4) is 0 Å². The van der Waals surface area contributed by atoms with E-state index in [1.54, 1.807) is 18.3 Å². The number of anilines is 2. The number of aryl methyl sites for hydroxylation is 1. The fourth-order valence-corrected chi connectivity index (χ4v) is 5.37. The number of fused-ring (bicyclic) bond motifs is 3. The van der Waals surface area contributed by atoms with Crippen LogP contribution in [0.1, 0.15) is 18.5 Å². The lowest BCUT2D eigenvalue weighted by Crippen LogP contribution is -2.64. The fraction of sp³-hybridized carbons (Fsp3) is 0.526. The number of nitrogens with zero attached hydrogens (tertiary/aromatic N) is 5. The van der Waals surface area contributed by atoms with Crippen molar-refractivity contribution in [3.05, 3.63) is 30.1 Å². The normalized spacial score (nSPS) is 26.0. The Kier molecular flexibility index (Phi) is 4.73. The number of pyridine rings is 1. The van der Waals surface area contributed by atoms with Gasteiger partial charge in [0.2, 0.25) is 5.95 Å². The number of halogens is 2. The minimum absolute atomic E-state index is 0.0330. The van der Waals surface area contributed by atoms with E-state index in [1.807, 2.05) is 6.92 Å². The highest BCUT2D eigenvalue weighted by atomic mass is 32.1. The molecule has 30 heavy (non-hydrogen) atoms. The van der Waals surface area contributed by atoms with Crippen molar-refractivity contribution < 1.29 is 13.5 Å². The third-order valence-electron chi connectivity index (χ3n) is 5.91. The molecule has 0 unspecified atom stereocenters. The van der Waals surface area contributed by atoms with Crippen molar-refractivity contribution in [3.63, 3.8) is 0 Å². The van der Waals surface area contributed by atoms with Crippen LogP contribution < -0.4 is 20.7 Å². The maximum atomic E-state index is 12.5. The van der Waals surface area contributed by atoms with Gasteiger partial charge in [0.15, 0.2) is 11.4 Å². The SMILES string of the molecule is Cc1cc(N2C[C@@H]3CC[C@](N)(C2)[C@H]3Nc2nc3c(OCC(F)F)cccn3n2)sn1. The number of rotatable bonds is 6. The second kappa shape index (κ2) is 7.31. The molecule has 3 aromatic heterocycles. The van der Waals surface area contributed by atoms with Crippen LogP contribution in [-0.2, 0) is 0 Å². The molecule has 0 aromatic carbocycles. The van der Waals surface area contributed by atoms with Crippen molar-refractivity contribution in [1.82, 2.24) is 19.0 Å². The molecule has 1 aliphatic heterocycles. The summed E-state index contributed by atoms with van der Waals surface area (Å²) in [6.07, 6.45) is 1.11. The average molecular weight is 436 g/mol. The number of alkyl halides is 2.